The van der Waals surface area contributed by atoms with Gasteiger partial charge in [-0.2, -0.15) is 0 Å². The molecule has 0 aliphatic carbocycles. The molecule has 0 amide bonds. The van der Waals surface area contributed by atoms with Gasteiger partial charge in [-0.3, -0.25) is 0 Å². The third-order valence-corrected chi connectivity index (χ3v) is 3.00. The summed E-state index contributed by atoms with van der Waals surface area (Å²) in [5.41, 5.74) is 1.83. The lowest BCUT2D eigenvalue weighted by Crippen LogP contribution is -2.02. The Labute approximate surface area is 125 Å². The molecule has 0 aliphatic heterocycles. The minimum Gasteiger partial charge on any atom is -0.497 e. The molecule has 0 unspecified atom stereocenters. The van der Waals surface area contributed by atoms with E-state index in [9.17, 15) is 0 Å². The van der Waals surface area contributed by atoms with E-state index in [2.05, 4.69) is 22.5 Å². The fourth-order valence-corrected chi connectivity index (χ4v) is 1.92. The van der Waals surface area contributed by atoms with Gasteiger partial charge in [0.25, 0.3) is 0 Å². The van der Waals surface area contributed by atoms with Gasteiger partial charge in [-0.1, -0.05) is 6.92 Å². The van der Waals surface area contributed by atoms with Crippen LogP contribution >= 0.6 is 0 Å². The molecule has 112 valence electrons. The largest absolute Gasteiger partial charge is 0.497 e. The Balaban J connectivity index is 2.17. The summed E-state index contributed by atoms with van der Waals surface area (Å²) in [6, 6.07) is 9.55. The van der Waals surface area contributed by atoms with E-state index < -0.39 is 0 Å². The summed E-state index contributed by atoms with van der Waals surface area (Å²) in [7, 11) is 3.27. The number of nitrogens with one attached hydrogen (secondary N) is 2. The maximum absolute atomic E-state index is 5.38. The van der Waals surface area contributed by atoms with E-state index in [-0.39, 0.29) is 0 Å². The number of rotatable bonds is 7. The molecular weight excluding hydrogens is 266 g/mol. The lowest BCUT2D eigenvalue weighted by Gasteiger charge is -2.13. The van der Waals surface area contributed by atoms with Crippen LogP contribution in [0.2, 0.25) is 0 Å². The van der Waals surface area contributed by atoms with Crippen molar-refractivity contribution in [3.05, 3.63) is 36.5 Å². The van der Waals surface area contributed by atoms with Gasteiger partial charge < -0.3 is 20.1 Å². The first-order valence-electron chi connectivity index (χ1n) is 6.95. The Morgan fingerprint density at radius 3 is 2.67 bits per heavy atom. The highest BCUT2D eigenvalue weighted by atomic mass is 16.5. The number of hydrogen-bond acceptors (Lipinski definition) is 5. The first-order valence-corrected chi connectivity index (χ1v) is 6.95. The Bertz CT molecular complexity index is 587. The molecule has 0 aliphatic rings. The summed E-state index contributed by atoms with van der Waals surface area (Å²) in [5, 5.41) is 6.60. The number of aromatic nitrogens is 1. The van der Waals surface area contributed by atoms with Crippen LogP contribution in [0, 0.1) is 0 Å². The van der Waals surface area contributed by atoms with Gasteiger partial charge >= 0.3 is 0 Å². The molecule has 0 spiro atoms. The number of hydrogen-bond donors (Lipinski definition) is 2. The Hall–Kier alpha value is -2.43. The third-order valence-electron chi connectivity index (χ3n) is 3.00. The second-order valence-corrected chi connectivity index (χ2v) is 4.55. The zero-order valence-corrected chi connectivity index (χ0v) is 12.6. The van der Waals surface area contributed by atoms with Gasteiger partial charge in [0.2, 0.25) is 0 Å². The molecule has 5 heteroatoms. The number of methoxy groups -OCH3 is 2. The van der Waals surface area contributed by atoms with Gasteiger partial charge in [-0.05, 0) is 24.6 Å². The maximum atomic E-state index is 5.38. The Morgan fingerprint density at radius 2 is 1.95 bits per heavy atom. The van der Waals surface area contributed by atoms with Crippen molar-refractivity contribution in [2.75, 3.05) is 31.4 Å². The van der Waals surface area contributed by atoms with E-state index in [0.717, 1.165) is 41.7 Å². The fraction of sp³-hybridized carbons (Fsp3) is 0.312. The number of nitrogens with zero attached hydrogens (tertiary/aromatic N) is 1. The van der Waals surface area contributed by atoms with Crippen LogP contribution in [0.25, 0.3) is 0 Å². The highest BCUT2D eigenvalue weighted by molar-refractivity contribution is 5.68. The average Bonchev–Trinajstić information content (AvgIpc) is 2.53. The van der Waals surface area contributed by atoms with Gasteiger partial charge in [0, 0.05) is 30.6 Å². The molecule has 2 rings (SSSR count). The Morgan fingerprint density at radius 1 is 1.10 bits per heavy atom. The van der Waals surface area contributed by atoms with Crippen LogP contribution in [-0.2, 0) is 0 Å². The van der Waals surface area contributed by atoms with Crippen molar-refractivity contribution in [3.8, 4) is 11.5 Å². The van der Waals surface area contributed by atoms with E-state index in [1.54, 1.807) is 20.4 Å². The van der Waals surface area contributed by atoms with E-state index in [1.165, 1.54) is 0 Å². The van der Waals surface area contributed by atoms with Crippen LogP contribution in [0.4, 0.5) is 17.2 Å². The summed E-state index contributed by atoms with van der Waals surface area (Å²) in [5.74, 6) is 2.35. The minimum atomic E-state index is 0.731. The van der Waals surface area contributed by atoms with Gasteiger partial charge in [-0.15, -0.1) is 0 Å². The molecule has 2 aromatic rings. The van der Waals surface area contributed by atoms with E-state index in [0.29, 0.717) is 0 Å². The second kappa shape index (κ2) is 7.38. The van der Waals surface area contributed by atoms with Crippen LogP contribution in [0.1, 0.15) is 13.3 Å². The fourth-order valence-electron chi connectivity index (χ4n) is 1.92. The van der Waals surface area contributed by atoms with Crippen molar-refractivity contribution in [1.82, 2.24) is 4.98 Å². The number of benzene rings is 1. The second-order valence-electron chi connectivity index (χ2n) is 4.55. The number of ether oxygens (including phenoxy) is 2. The zero-order valence-electron chi connectivity index (χ0n) is 12.6. The highest BCUT2D eigenvalue weighted by Crippen LogP contribution is 2.31. The van der Waals surface area contributed by atoms with E-state index in [1.807, 2.05) is 30.3 Å². The molecule has 5 nitrogen and oxygen atoms in total. The monoisotopic (exact) mass is 287 g/mol. The van der Waals surface area contributed by atoms with Crippen LogP contribution in [0.3, 0.4) is 0 Å². The standard InChI is InChI=1S/C16H21N3O2/c1-4-8-17-16-10-12(7-9-18-16)19-14-6-5-13(20-2)11-15(14)21-3/h5-7,9-11H,4,8H2,1-3H3,(H2,17,18,19). The van der Waals surface area contributed by atoms with Gasteiger partial charge in [0.1, 0.15) is 17.3 Å². The molecular formula is C16H21N3O2. The van der Waals surface area contributed by atoms with Gasteiger partial charge in [0.15, 0.2) is 0 Å². The van der Waals surface area contributed by atoms with Crippen molar-refractivity contribution in [2.24, 2.45) is 0 Å². The van der Waals surface area contributed by atoms with Gasteiger partial charge in [0.05, 0.1) is 19.9 Å². The molecule has 0 fully saturated rings. The molecule has 0 bridgehead atoms. The normalized spacial score (nSPS) is 10.0. The van der Waals surface area contributed by atoms with Crippen LogP contribution < -0.4 is 20.1 Å². The zero-order chi connectivity index (χ0) is 15.1. The summed E-state index contributed by atoms with van der Waals surface area (Å²) in [6.07, 6.45) is 2.84. The average molecular weight is 287 g/mol. The lowest BCUT2D eigenvalue weighted by atomic mass is 10.2. The molecule has 1 aromatic heterocycles. The number of anilines is 3. The smallest absolute Gasteiger partial charge is 0.145 e. The summed E-state index contributed by atoms with van der Waals surface area (Å²) in [6.45, 7) is 3.03. The molecule has 2 N–H and O–H groups in total. The molecule has 0 radical (unpaired) electrons. The quantitative estimate of drug-likeness (QED) is 0.814. The van der Waals surface area contributed by atoms with Crippen LogP contribution in [0.5, 0.6) is 11.5 Å². The van der Waals surface area contributed by atoms with Crippen LogP contribution in [-0.4, -0.2) is 25.7 Å². The molecule has 21 heavy (non-hydrogen) atoms. The van der Waals surface area contributed by atoms with Crippen molar-refractivity contribution in [3.63, 3.8) is 0 Å². The maximum Gasteiger partial charge on any atom is 0.145 e. The van der Waals surface area contributed by atoms with Gasteiger partial charge in [-0.25, -0.2) is 4.98 Å². The minimum absolute atomic E-state index is 0.731. The summed E-state index contributed by atoms with van der Waals surface area (Å²) < 4.78 is 10.6. The van der Waals surface area contributed by atoms with Crippen molar-refractivity contribution in [1.29, 1.82) is 0 Å². The Kier molecular flexibility index (Phi) is 5.26. The molecule has 0 atom stereocenters. The molecule has 0 saturated heterocycles. The first-order chi connectivity index (χ1) is 10.3. The summed E-state index contributed by atoms with van der Waals surface area (Å²) in [4.78, 5) is 4.29. The molecule has 1 aromatic carbocycles. The topological polar surface area (TPSA) is 55.4 Å². The van der Waals surface area contributed by atoms with Crippen LogP contribution in [0.15, 0.2) is 36.5 Å². The third kappa shape index (κ3) is 4.02. The lowest BCUT2D eigenvalue weighted by molar-refractivity contribution is 0.395. The van der Waals surface area contributed by atoms with Crippen molar-refractivity contribution in [2.45, 2.75) is 13.3 Å². The predicted molar refractivity (Wildman–Crippen MR) is 85.8 cm³/mol. The van der Waals surface area contributed by atoms with Crippen molar-refractivity contribution >= 4 is 17.2 Å². The molecule has 0 saturated carbocycles. The SMILES string of the molecule is CCCNc1cc(Nc2ccc(OC)cc2OC)ccn1. The molecule has 1 heterocycles. The number of pyridine rings is 1. The summed E-state index contributed by atoms with van der Waals surface area (Å²) >= 11 is 0. The van der Waals surface area contributed by atoms with Crippen molar-refractivity contribution < 1.29 is 9.47 Å². The predicted octanol–water partition coefficient (Wildman–Crippen LogP) is 3.66. The first kappa shape index (κ1) is 15.0. The van der Waals surface area contributed by atoms with E-state index in [4.69, 9.17) is 9.47 Å². The van der Waals surface area contributed by atoms with E-state index >= 15 is 0 Å². The highest BCUT2D eigenvalue weighted by Gasteiger charge is 2.06.